The van der Waals surface area contributed by atoms with Gasteiger partial charge in [-0.15, -0.1) is 0 Å². The monoisotopic (exact) mass is 926 g/mol. The van der Waals surface area contributed by atoms with Crippen LogP contribution in [0.2, 0.25) is 0 Å². The number of fused-ring (bicyclic) bond motifs is 10. The molecule has 340 valence electrons. The van der Waals surface area contributed by atoms with Crippen LogP contribution in [0.15, 0.2) is 279 Å². The number of benzene rings is 11. The lowest BCUT2D eigenvalue weighted by atomic mass is 9.70. The molecule has 0 amide bonds. The van der Waals surface area contributed by atoms with E-state index in [-0.39, 0.29) is 0 Å². The number of nitrogens with zero attached hydrogens (tertiary/aromatic N) is 2. The molecule has 2 aliphatic rings. The van der Waals surface area contributed by atoms with Crippen molar-refractivity contribution in [2.45, 2.75) is 5.41 Å². The van der Waals surface area contributed by atoms with Crippen LogP contribution in [-0.4, -0.2) is 9.97 Å². The molecule has 0 aliphatic heterocycles. The first-order chi connectivity index (χ1) is 36.2. The van der Waals surface area contributed by atoms with Crippen molar-refractivity contribution in [3.05, 3.63) is 301 Å². The Morgan fingerprint density at radius 2 is 0.562 bits per heavy atom. The molecule has 2 nitrogen and oxygen atoms in total. The summed E-state index contributed by atoms with van der Waals surface area (Å²) in [4.78, 5) is 10.4. The summed E-state index contributed by atoms with van der Waals surface area (Å²) < 4.78 is 0. The summed E-state index contributed by atoms with van der Waals surface area (Å²) in [5.41, 5.74) is 26.6. The van der Waals surface area contributed by atoms with E-state index < -0.39 is 5.41 Å². The average Bonchev–Trinajstić information content (AvgIpc) is 3.96. The Labute approximate surface area is 426 Å². The smallest absolute Gasteiger partial charge is 0.160 e. The van der Waals surface area contributed by atoms with Gasteiger partial charge in [0.05, 0.1) is 16.8 Å². The lowest BCUT2D eigenvalue weighted by Gasteiger charge is -2.31. The maximum atomic E-state index is 5.24. The summed E-state index contributed by atoms with van der Waals surface area (Å²) in [7, 11) is 0. The molecular weight excluding hydrogens is 881 g/mol. The lowest BCUT2D eigenvalue weighted by molar-refractivity contribution is 0.794. The molecule has 73 heavy (non-hydrogen) atoms. The van der Waals surface area contributed by atoms with Gasteiger partial charge in [-0.05, 0) is 130 Å². The van der Waals surface area contributed by atoms with E-state index in [1.807, 2.05) is 18.2 Å². The molecule has 1 aromatic heterocycles. The third-order valence-electron chi connectivity index (χ3n) is 15.1. The zero-order valence-corrected chi connectivity index (χ0v) is 40.0. The molecule has 11 aromatic carbocycles. The van der Waals surface area contributed by atoms with Gasteiger partial charge in [-0.3, -0.25) is 0 Å². The highest BCUT2D eigenvalue weighted by Gasteiger charge is 2.51. The van der Waals surface area contributed by atoms with Gasteiger partial charge in [0.1, 0.15) is 0 Å². The van der Waals surface area contributed by atoms with Gasteiger partial charge in [-0.2, -0.15) is 0 Å². The second-order valence-electron chi connectivity index (χ2n) is 19.2. The van der Waals surface area contributed by atoms with Crippen molar-refractivity contribution in [1.82, 2.24) is 9.97 Å². The summed E-state index contributed by atoms with van der Waals surface area (Å²) >= 11 is 0. The van der Waals surface area contributed by atoms with Crippen molar-refractivity contribution in [2.24, 2.45) is 0 Å². The zero-order chi connectivity index (χ0) is 48.3. The maximum Gasteiger partial charge on any atom is 0.160 e. The van der Waals surface area contributed by atoms with Crippen LogP contribution in [0.5, 0.6) is 0 Å². The van der Waals surface area contributed by atoms with Crippen LogP contribution in [0.3, 0.4) is 0 Å². The molecular formula is C71H46N2. The largest absolute Gasteiger partial charge is 0.228 e. The fourth-order valence-electron chi connectivity index (χ4n) is 11.7. The van der Waals surface area contributed by atoms with E-state index in [4.69, 9.17) is 9.97 Å². The third-order valence-corrected chi connectivity index (χ3v) is 15.1. The van der Waals surface area contributed by atoms with E-state index in [9.17, 15) is 0 Å². The minimum Gasteiger partial charge on any atom is -0.228 e. The highest BCUT2D eigenvalue weighted by molar-refractivity contribution is 5.99. The van der Waals surface area contributed by atoms with Gasteiger partial charge in [0, 0.05) is 16.7 Å². The molecule has 0 N–H and O–H groups in total. The summed E-state index contributed by atoms with van der Waals surface area (Å²) in [6.07, 6.45) is 0. The van der Waals surface area contributed by atoms with E-state index in [0.29, 0.717) is 5.82 Å². The van der Waals surface area contributed by atoms with Crippen molar-refractivity contribution < 1.29 is 0 Å². The zero-order valence-electron chi connectivity index (χ0n) is 40.0. The molecule has 0 saturated carbocycles. The van der Waals surface area contributed by atoms with E-state index in [2.05, 4.69) is 261 Å². The predicted octanol–water partition coefficient (Wildman–Crippen LogP) is 18.2. The third kappa shape index (κ3) is 7.10. The molecule has 0 radical (unpaired) electrons. The topological polar surface area (TPSA) is 25.8 Å². The molecule has 2 aliphatic carbocycles. The van der Waals surface area contributed by atoms with Gasteiger partial charge in [-0.1, -0.05) is 249 Å². The van der Waals surface area contributed by atoms with Crippen molar-refractivity contribution >= 4 is 0 Å². The van der Waals surface area contributed by atoms with Gasteiger partial charge >= 0.3 is 0 Å². The minimum atomic E-state index is -0.464. The van der Waals surface area contributed by atoms with Crippen LogP contribution in [0.1, 0.15) is 22.3 Å². The van der Waals surface area contributed by atoms with Crippen molar-refractivity contribution in [2.75, 3.05) is 0 Å². The Morgan fingerprint density at radius 3 is 1.11 bits per heavy atom. The second kappa shape index (κ2) is 17.4. The lowest BCUT2D eigenvalue weighted by Crippen LogP contribution is -2.25. The first-order valence-corrected chi connectivity index (χ1v) is 25.1. The number of hydrogen-bond donors (Lipinski definition) is 0. The minimum absolute atomic E-state index is 0.464. The first kappa shape index (κ1) is 42.4. The van der Waals surface area contributed by atoms with Crippen LogP contribution in [-0.2, 0) is 5.41 Å². The van der Waals surface area contributed by atoms with E-state index in [1.165, 1.54) is 83.5 Å². The highest BCUT2D eigenvalue weighted by atomic mass is 14.9. The molecule has 0 unspecified atom stereocenters. The summed E-state index contributed by atoms with van der Waals surface area (Å²) in [6, 6.07) is 102. The maximum absolute atomic E-state index is 5.24. The first-order valence-electron chi connectivity index (χ1n) is 25.1. The van der Waals surface area contributed by atoms with E-state index in [0.717, 1.165) is 44.8 Å². The van der Waals surface area contributed by atoms with Gasteiger partial charge in [0.15, 0.2) is 5.82 Å². The molecule has 1 spiro atoms. The van der Waals surface area contributed by atoms with Crippen LogP contribution in [0.4, 0.5) is 0 Å². The van der Waals surface area contributed by atoms with Crippen molar-refractivity contribution in [1.29, 1.82) is 0 Å². The quantitative estimate of drug-likeness (QED) is 0.152. The molecule has 0 fully saturated rings. The molecule has 14 rings (SSSR count). The fraction of sp³-hybridized carbons (Fsp3) is 0.0141. The molecule has 1 heterocycles. The van der Waals surface area contributed by atoms with Crippen LogP contribution in [0.25, 0.3) is 112 Å². The Hall–Kier alpha value is -9.50. The Balaban J connectivity index is 0.919. The predicted molar refractivity (Wildman–Crippen MR) is 302 cm³/mol. The Kier molecular flexibility index (Phi) is 10.1. The SMILES string of the molecule is c1ccc(-c2ccc(-c3cc(-c4cccc(-c5cccc(-c6cc7c(cc6-c6ccc(-c8ccccc8)cc6)-c6ccccc6C76c7ccccc7-c7ccccc76)c5)c4)nc(-c4ccccc4)n3)cc2)cc1. The fourth-order valence-corrected chi connectivity index (χ4v) is 11.7. The summed E-state index contributed by atoms with van der Waals surface area (Å²) in [5, 5.41) is 0. The van der Waals surface area contributed by atoms with Crippen LogP contribution < -0.4 is 0 Å². The van der Waals surface area contributed by atoms with E-state index >= 15 is 0 Å². The van der Waals surface area contributed by atoms with Gasteiger partial charge in [0.2, 0.25) is 0 Å². The number of rotatable bonds is 8. The van der Waals surface area contributed by atoms with E-state index in [1.54, 1.807) is 0 Å². The average molecular weight is 927 g/mol. The van der Waals surface area contributed by atoms with Gasteiger partial charge in [0.25, 0.3) is 0 Å². The van der Waals surface area contributed by atoms with Crippen molar-refractivity contribution in [3.8, 4) is 112 Å². The molecule has 0 saturated heterocycles. The van der Waals surface area contributed by atoms with Crippen LogP contribution >= 0.6 is 0 Å². The number of hydrogen-bond acceptors (Lipinski definition) is 2. The molecule has 0 bridgehead atoms. The van der Waals surface area contributed by atoms with Gasteiger partial charge in [-0.25, -0.2) is 9.97 Å². The summed E-state index contributed by atoms with van der Waals surface area (Å²) in [6.45, 7) is 0. The Morgan fingerprint density at radius 1 is 0.192 bits per heavy atom. The molecule has 2 heteroatoms. The normalized spacial score (nSPS) is 12.5. The molecule has 0 atom stereocenters. The highest BCUT2D eigenvalue weighted by Crippen LogP contribution is 2.63. The second-order valence-corrected chi connectivity index (χ2v) is 19.2. The van der Waals surface area contributed by atoms with Crippen LogP contribution in [0, 0.1) is 0 Å². The summed E-state index contributed by atoms with van der Waals surface area (Å²) in [5.74, 6) is 0.695. The van der Waals surface area contributed by atoms with Crippen molar-refractivity contribution in [3.63, 3.8) is 0 Å². The Bertz CT molecular complexity index is 4000. The van der Waals surface area contributed by atoms with Gasteiger partial charge < -0.3 is 0 Å². The standard InChI is InChI=1S/C71H46N2/c1-4-18-47(19-5-1)49-34-38-51(39-35-49)61-44-63-60-30-12-15-33-66(60)71(64-31-13-10-28-58(64)59-29-11-14-32-65(59)71)67(63)45-62(61)56-26-16-24-54(42-56)55-25-17-27-57(43-55)69-46-68(72-70(73-69)53-22-8-3-9-23-53)52-40-36-50(37-41-52)48-20-6-2-7-21-48/h1-46H. The molecule has 12 aromatic rings. The number of aromatic nitrogens is 2.